The Labute approximate surface area is 72.3 Å². The van der Waals surface area contributed by atoms with Crippen molar-refractivity contribution in [2.45, 2.75) is 6.92 Å². The monoisotopic (exact) mass is 163 g/mol. The van der Waals surface area contributed by atoms with Gasteiger partial charge in [0.1, 0.15) is 0 Å². The van der Waals surface area contributed by atoms with Gasteiger partial charge in [-0.3, -0.25) is 4.98 Å². The highest BCUT2D eigenvalue weighted by Crippen LogP contribution is 2.01. The zero-order valence-corrected chi connectivity index (χ0v) is 7.23. The second-order valence-electron chi connectivity index (χ2n) is 2.15. The lowest BCUT2D eigenvalue weighted by atomic mass is 10.2. The molecule has 0 spiro atoms. The number of aryl methyl sites for hydroxylation is 1. The number of aromatic nitrogens is 1. The Morgan fingerprint density at radius 2 is 2.45 bits per heavy atom. The minimum atomic E-state index is 0.592. The third kappa shape index (κ3) is 2.28. The molecule has 1 nitrogen and oxygen atoms in total. The van der Waals surface area contributed by atoms with Crippen LogP contribution in [0.15, 0.2) is 18.5 Å². The van der Waals surface area contributed by atoms with Crippen molar-refractivity contribution in [2.75, 3.05) is 5.75 Å². The van der Waals surface area contributed by atoms with E-state index in [2.05, 4.69) is 29.5 Å². The summed E-state index contributed by atoms with van der Waals surface area (Å²) < 4.78 is 0. The number of pyridine rings is 1. The van der Waals surface area contributed by atoms with Gasteiger partial charge in [0.2, 0.25) is 0 Å². The van der Waals surface area contributed by atoms with Crippen LogP contribution in [0.25, 0.3) is 0 Å². The molecule has 0 aromatic carbocycles. The minimum Gasteiger partial charge on any atom is -0.263 e. The molecule has 0 aliphatic rings. The molecule has 0 aliphatic carbocycles. The zero-order valence-electron chi connectivity index (χ0n) is 6.33. The summed E-state index contributed by atoms with van der Waals surface area (Å²) in [5, 5.41) is 0. The topological polar surface area (TPSA) is 12.9 Å². The van der Waals surface area contributed by atoms with E-state index in [4.69, 9.17) is 0 Å². The predicted octanol–water partition coefficient (Wildman–Crippen LogP) is 1.67. The molecule has 56 valence electrons. The van der Waals surface area contributed by atoms with E-state index < -0.39 is 0 Å². The van der Waals surface area contributed by atoms with Crippen molar-refractivity contribution in [1.82, 2.24) is 4.98 Å². The standard InChI is InChI=1S/C9H9NS/c1-8-4-5-10-7-9(8)3-2-6-11/h4-5,7,11H,6H2,1H3. The number of thiol groups is 1. The molecule has 1 aromatic rings. The summed E-state index contributed by atoms with van der Waals surface area (Å²) in [6.07, 6.45) is 3.53. The van der Waals surface area contributed by atoms with Crippen molar-refractivity contribution in [1.29, 1.82) is 0 Å². The summed E-state index contributed by atoms with van der Waals surface area (Å²) in [5.41, 5.74) is 2.15. The average molecular weight is 163 g/mol. The zero-order chi connectivity index (χ0) is 8.10. The first-order valence-corrected chi connectivity index (χ1v) is 3.98. The van der Waals surface area contributed by atoms with Crippen LogP contribution in [-0.2, 0) is 0 Å². The van der Waals surface area contributed by atoms with Crippen molar-refractivity contribution in [2.24, 2.45) is 0 Å². The molecule has 0 saturated carbocycles. The fraction of sp³-hybridized carbons (Fsp3) is 0.222. The van der Waals surface area contributed by atoms with Crippen molar-refractivity contribution in [3.63, 3.8) is 0 Å². The number of hydrogen-bond donors (Lipinski definition) is 1. The van der Waals surface area contributed by atoms with Crippen LogP contribution < -0.4 is 0 Å². The summed E-state index contributed by atoms with van der Waals surface area (Å²) in [6, 6.07) is 1.95. The van der Waals surface area contributed by atoms with Gasteiger partial charge in [0.25, 0.3) is 0 Å². The van der Waals surface area contributed by atoms with Crippen LogP contribution >= 0.6 is 12.6 Å². The van der Waals surface area contributed by atoms with Gasteiger partial charge in [-0.2, -0.15) is 12.6 Å². The van der Waals surface area contributed by atoms with Gasteiger partial charge in [-0.1, -0.05) is 11.8 Å². The Morgan fingerprint density at radius 3 is 3.09 bits per heavy atom. The largest absolute Gasteiger partial charge is 0.263 e. The third-order valence-electron chi connectivity index (χ3n) is 1.34. The molecule has 2 heteroatoms. The quantitative estimate of drug-likeness (QED) is 0.453. The van der Waals surface area contributed by atoms with E-state index in [1.54, 1.807) is 12.4 Å². The molecule has 0 N–H and O–H groups in total. The van der Waals surface area contributed by atoms with Crippen molar-refractivity contribution in [3.8, 4) is 11.8 Å². The summed E-state index contributed by atoms with van der Waals surface area (Å²) in [6.45, 7) is 2.02. The molecule has 0 unspecified atom stereocenters. The second-order valence-corrected chi connectivity index (χ2v) is 2.47. The van der Waals surface area contributed by atoms with Crippen molar-refractivity contribution in [3.05, 3.63) is 29.6 Å². The molecule has 1 aromatic heterocycles. The van der Waals surface area contributed by atoms with E-state index >= 15 is 0 Å². The highest BCUT2D eigenvalue weighted by molar-refractivity contribution is 7.80. The number of hydrogen-bond acceptors (Lipinski definition) is 2. The highest BCUT2D eigenvalue weighted by atomic mass is 32.1. The van der Waals surface area contributed by atoms with Gasteiger partial charge in [-0.05, 0) is 18.6 Å². The summed E-state index contributed by atoms with van der Waals surface area (Å²) in [4.78, 5) is 3.97. The molecule has 0 atom stereocenters. The van der Waals surface area contributed by atoms with Crippen LogP contribution in [0.4, 0.5) is 0 Å². The maximum atomic E-state index is 3.99. The van der Waals surface area contributed by atoms with E-state index in [1.807, 2.05) is 13.0 Å². The predicted molar refractivity (Wildman–Crippen MR) is 49.7 cm³/mol. The van der Waals surface area contributed by atoms with E-state index in [0.29, 0.717) is 5.75 Å². The van der Waals surface area contributed by atoms with Gasteiger partial charge < -0.3 is 0 Å². The number of rotatable bonds is 0. The lowest BCUT2D eigenvalue weighted by Crippen LogP contribution is -1.82. The SMILES string of the molecule is Cc1ccncc1C#CCS. The van der Waals surface area contributed by atoms with Crippen molar-refractivity contribution >= 4 is 12.6 Å². The summed E-state index contributed by atoms with van der Waals surface area (Å²) in [5.74, 6) is 6.44. The second kappa shape index (κ2) is 4.05. The Hall–Kier alpha value is -0.940. The highest BCUT2D eigenvalue weighted by Gasteiger charge is 1.89. The van der Waals surface area contributed by atoms with E-state index in [0.717, 1.165) is 11.1 Å². The molecule has 0 radical (unpaired) electrons. The summed E-state index contributed by atoms with van der Waals surface area (Å²) in [7, 11) is 0. The van der Waals surface area contributed by atoms with Crippen LogP contribution in [0.5, 0.6) is 0 Å². The molecule has 0 fully saturated rings. The third-order valence-corrected chi connectivity index (χ3v) is 1.50. The van der Waals surface area contributed by atoms with Gasteiger partial charge in [0, 0.05) is 18.0 Å². The molecule has 0 amide bonds. The first kappa shape index (κ1) is 8.16. The Balaban J connectivity index is 2.95. The smallest absolute Gasteiger partial charge is 0.0521 e. The van der Waals surface area contributed by atoms with Crippen LogP contribution in [-0.4, -0.2) is 10.7 Å². The van der Waals surface area contributed by atoms with E-state index in [1.165, 1.54) is 0 Å². The van der Waals surface area contributed by atoms with E-state index in [9.17, 15) is 0 Å². The fourth-order valence-electron chi connectivity index (χ4n) is 0.730. The van der Waals surface area contributed by atoms with Crippen LogP contribution in [0.3, 0.4) is 0 Å². The molecule has 0 aliphatic heterocycles. The maximum Gasteiger partial charge on any atom is 0.0521 e. The van der Waals surface area contributed by atoms with Gasteiger partial charge in [-0.15, -0.1) is 0 Å². The molecule has 0 bridgehead atoms. The molecule has 1 rings (SSSR count). The first-order valence-electron chi connectivity index (χ1n) is 3.35. The Bertz CT molecular complexity index is 296. The number of nitrogens with zero attached hydrogens (tertiary/aromatic N) is 1. The van der Waals surface area contributed by atoms with Crippen molar-refractivity contribution < 1.29 is 0 Å². The molecular formula is C9H9NS. The maximum absolute atomic E-state index is 3.99. The summed E-state index contributed by atoms with van der Waals surface area (Å²) >= 11 is 3.99. The van der Waals surface area contributed by atoms with Gasteiger partial charge in [0.15, 0.2) is 0 Å². The van der Waals surface area contributed by atoms with Crippen LogP contribution in [0.2, 0.25) is 0 Å². The van der Waals surface area contributed by atoms with Crippen LogP contribution in [0, 0.1) is 18.8 Å². The normalized spacial score (nSPS) is 8.55. The van der Waals surface area contributed by atoms with E-state index in [-0.39, 0.29) is 0 Å². The Morgan fingerprint density at radius 1 is 1.64 bits per heavy atom. The van der Waals surface area contributed by atoms with Gasteiger partial charge >= 0.3 is 0 Å². The van der Waals surface area contributed by atoms with Gasteiger partial charge in [0.05, 0.1) is 5.75 Å². The first-order chi connectivity index (χ1) is 5.34. The van der Waals surface area contributed by atoms with Crippen LogP contribution in [0.1, 0.15) is 11.1 Å². The average Bonchev–Trinajstić information content (AvgIpc) is 2.03. The fourth-order valence-corrected chi connectivity index (χ4v) is 0.809. The Kier molecular flexibility index (Phi) is 3.00. The van der Waals surface area contributed by atoms with Gasteiger partial charge in [-0.25, -0.2) is 0 Å². The molecular weight excluding hydrogens is 154 g/mol. The lowest BCUT2D eigenvalue weighted by molar-refractivity contribution is 1.27. The minimum absolute atomic E-state index is 0.592. The molecule has 1 heterocycles. The lowest BCUT2D eigenvalue weighted by Gasteiger charge is -1.93. The molecule has 0 saturated heterocycles. The molecule has 11 heavy (non-hydrogen) atoms.